The Morgan fingerprint density at radius 3 is 3.00 bits per heavy atom. The van der Waals surface area contributed by atoms with Crippen LogP contribution in [0.5, 0.6) is 11.5 Å². The molecule has 1 amide bonds. The van der Waals surface area contributed by atoms with Crippen LogP contribution in [0.25, 0.3) is 0 Å². The molecule has 0 aliphatic rings. The lowest BCUT2D eigenvalue weighted by Gasteiger charge is -2.10. The standard InChI is InChI=1S/C17H18N2O4/c1-3-6-13-9-12(10-15(16(13)20)22-4-2)11-18-19-17(21)14-7-5-8-23-14/h3,5,7-11,20H,1,4,6H2,2H3,(H,19,21). The highest BCUT2D eigenvalue weighted by molar-refractivity contribution is 5.92. The summed E-state index contributed by atoms with van der Waals surface area (Å²) in [5.74, 6) is 0.186. The van der Waals surface area contributed by atoms with Crippen molar-refractivity contribution in [2.75, 3.05) is 6.61 Å². The first-order valence-corrected chi connectivity index (χ1v) is 7.12. The molecule has 2 aromatic rings. The molecule has 2 N–H and O–H groups in total. The van der Waals surface area contributed by atoms with Gasteiger partial charge in [-0.3, -0.25) is 4.79 Å². The highest BCUT2D eigenvalue weighted by Crippen LogP contribution is 2.31. The summed E-state index contributed by atoms with van der Waals surface area (Å²) >= 11 is 0. The van der Waals surface area contributed by atoms with E-state index in [0.29, 0.717) is 29.9 Å². The molecule has 0 spiro atoms. The van der Waals surface area contributed by atoms with E-state index in [9.17, 15) is 9.90 Å². The van der Waals surface area contributed by atoms with E-state index in [4.69, 9.17) is 9.15 Å². The lowest BCUT2D eigenvalue weighted by atomic mass is 10.1. The average Bonchev–Trinajstić information content (AvgIpc) is 3.06. The topological polar surface area (TPSA) is 84.1 Å². The number of rotatable bonds is 7. The minimum Gasteiger partial charge on any atom is -0.504 e. The van der Waals surface area contributed by atoms with Gasteiger partial charge in [-0.05, 0) is 43.2 Å². The van der Waals surface area contributed by atoms with Crippen molar-refractivity contribution in [3.8, 4) is 11.5 Å². The van der Waals surface area contributed by atoms with Crippen LogP contribution in [0.3, 0.4) is 0 Å². The summed E-state index contributed by atoms with van der Waals surface area (Å²) in [5, 5.41) is 14.0. The van der Waals surface area contributed by atoms with Gasteiger partial charge in [0, 0.05) is 5.56 Å². The molecule has 0 radical (unpaired) electrons. The quantitative estimate of drug-likeness (QED) is 0.467. The summed E-state index contributed by atoms with van der Waals surface area (Å²) in [6.45, 7) is 5.92. The molecule has 0 unspecified atom stereocenters. The van der Waals surface area contributed by atoms with Crippen molar-refractivity contribution in [2.45, 2.75) is 13.3 Å². The van der Waals surface area contributed by atoms with Crippen molar-refractivity contribution >= 4 is 12.1 Å². The van der Waals surface area contributed by atoms with Crippen LogP contribution in [0.1, 0.15) is 28.6 Å². The van der Waals surface area contributed by atoms with E-state index in [-0.39, 0.29) is 11.5 Å². The molecule has 1 heterocycles. The van der Waals surface area contributed by atoms with Crippen LogP contribution < -0.4 is 10.2 Å². The minimum atomic E-state index is -0.443. The summed E-state index contributed by atoms with van der Waals surface area (Å²) in [7, 11) is 0. The van der Waals surface area contributed by atoms with Crippen LogP contribution in [0.15, 0.2) is 52.7 Å². The molecule has 0 atom stereocenters. The Hall–Kier alpha value is -3.02. The average molecular weight is 314 g/mol. The monoisotopic (exact) mass is 314 g/mol. The molecule has 2 rings (SSSR count). The number of carbonyl (C=O) groups is 1. The molecule has 23 heavy (non-hydrogen) atoms. The summed E-state index contributed by atoms with van der Waals surface area (Å²) < 4.78 is 10.4. The van der Waals surface area contributed by atoms with Gasteiger partial charge >= 0.3 is 5.91 Å². The number of furan rings is 1. The van der Waals surface area contributed by atoms with Crippen molar-refractivity contribution in [3.05, 3.63) is 60.1 Å². The number of ether oxygens (including phenoxy) is 1. The van der Waals surface area contributed by atoms with Crippen LogP contribution in [0.4, 0.5) is 0 Å². The zero-order chi connectivity index (χ0) is 16.7. The van der Waals surface area contributed by atoms with Crippen molar-refractivity contribution in [3.63, 3.8) is 0 Å². The highest BCUT2D eigenvalue weighted by atomic mass is 16.5. The van der Waals surface area contributed by atoms with Gasteiger partial charge in [0.25, 0.3) is 0 Å². The van der Waals surface area contributed by atoms with E-state index in [2.05, 4.69) is 17.1 Å². The molecule has 6 nitrogen and oxygen atoms in total. The number of benzene rings is 1. The first-order valence-electron chi connectivity index (χ1n) is 7.12. The molecule has 6 heteroatoms. The fourth-order valence-corrected chi connectivity index (χ4v) is 1.97. The van der Waals surface area contributed by atoms with Crippen LogP contribution in [0, 0.1) is 0 Å². The Morgan fingerprint density at radius 2 is 2.35 bits per heavy atom. The van der Waals surface area contributed by atoms with Crippen LogP contribution in [-0.2, 0) is 6.42 Å². The maximum atomic E-state index is 11.7. The van der Waals surface area contributed by atoms with Crippen molar-refractivity contribution in [1.82, 2.24) is 5.43 Å². The number of hydrogen-bond acceptors (Lipinski definition) is 5. The number of aromatic hydroxyl groups is 1. The molecular formula is C17H18N2O4. The van der Waals surface area contributed by atoms with Gasteiger partial charge in [0.05, 0.1) is 19.1 Å². The van der Waals surface area contributed by atoms with Gasteiger partial charge in [-0.15, -0.1) is 6.58 Å². The first kappa shape index (κ1) is 16.4. The van der Waals surface area contributed by atoms with Gasteiger partial charge in [-0.25, -0.2) is 5.43 Å². The van der Waals surface area contributed by atoms with Crippen LogP contribution >= 0.6 is 0 Å². The Morgan fingerprint density at radius 1 is 1.52 bits per heavy atom. The molecule has 120 valence electrons. The van der Waals surface area contributed by atoms with E-state index in [1.165, 1.54) is 12.5 Å². The molecule has 0 bridgehead atoms. The first-order chi connectivity index (χ1) is 11.2. The second-order valence-corrected chi connectivity index (χ2v) is 4.63. The number of carbonyl (C=O) groups excluding carboxylic acids is 1. The molecule has 1 aromatic heterocycles. The second-order valence-electron chi connectivity index (χ2n) is 4.63. The van der Waals surface area contributed by atoms with Gasteiger partial charge in [0.1, 0.15) is 0 Å². The lowest BCUT2D eigenvalue weighted by molar-refractivity contribution is 0.0927. The number of nitrogens with zero attached hydrogens (tertiary/aromatic N) is 1. The van der Waals surface area contributed by atoms with Crippen molar-refractivity contribution in [2.24, 2.45) is 5.10 Å². The van der Waals surface area contributed by atoms with E-state index in [0.717, 1.165) is 0 Å². The number of amides is 1. The van der Waals surface area contributed by atoms with Gasteiger partial charge < -0.3 is 14.3 Å². The third-order valence-electron chi connectivity index (χ3n) is 2.96. The number of phenols is 1. The highest BCUT2D eigenvalue weighted by Gasteiger charge is 2.10. The molecule has 1 aromatic carbocycles. The van der Waals surface area contributed by atoms with Gasteiger partial charge in [-0.2, -0.15) is 5.10 Å². The number of allylic oxidation sites excluding steroid dienone is 1. The SMILES string of the molecule is C=CCc1cc(C=NNC(=O)c2ccco2)cc(OCC)c1O. The zero-order valence-electron chi connectivity index (χ0n) is 12.8. The Balaban J connectivity index is 2.16. The van der Waals surface area contributed by atoms with Crippen molar-refractivity contribution < 1.29 is 19.1 Å². The number of hydrogen-bond donors (Lipinski definition) is 2. The number of hydrazone groups is 1. The molecule has 0 saturated carbocycles. The summed E-state index contributed by atoms with van der Waals surface area (Å²) in [4.78, 5) is 11.7. The minimum absolute atomic E-state index is 0.0866. The molecule has 0 saturated heterocycles. The lowest BCUT2D eigenvalue weighted by Crippen LogP contribution is -2.16. The summed E-state index contributed by atoms with van der Waals surface area (Å²) in [6, 6.07) is 6.56. The molecule has 0 aliphatic carbocycles. The second kappa shape index (κ2) is 7.84. The number of phenolic OH excluding ortho intramolecular Hbond substituents is 1. The van der Waals surface area contributed by atoms with Gasteiger partial charge in [0.15, 0.2) is 17.3 Å². The fraction of sp³-hybridized carbons (Fsp3) is 0.176. The molecule has 0 aliphatic heterocycles. The van der Waals surface area contributed by atoms with Crippen molar-refractivity contribution in [1.29, 1.82) is 0 Å². The summed E-state index contributed by atoms with van der Waals surface area (Å²) in [5.41, 5.74) is 3.72. The maximum Gasteiger partial charge on any atom is 0.307 e. The normalized spacial score (nSPS) is 10.7. The van der Waals surface area contributed by atoms with Crippen LogP contribution in [0.2, 0.25) is 0 Å². The molecule has 0 fully saturated rings. The zero-order valence-corrected chi connectivity index (χ0v) is 12.8. The molecular weight excluding hydrogens is 296 g/mol. The Kier molecular flexibility index (Phi) is 5.57. The third-order valence-corrected chi connectivity index (χ3v) is 2.96. The maximum absolute atomic E-state index is 11.7. The van der Waals surface area contributed by atoms with E-state index in [1.807, 2.05) is 6.92 Å². The predicted molar refractivity (Wildman–Crippen MR) is 86.9 cm³/mol. The predicted octanol–water partition coefficient (Wildman–Crippen LogP) is 2.88. The Labute approximate surface area is 134 Å². The summed E-state index contributed by atoms with van der Waals surface area (Å²) in [6.07, 6.45) is 5.06. The van der Waals surface area contributed by atoms with Gasteiger partial charge in [-0.1, -0.05) is 6.08 Å². The fourth-order valence-electron chi connectivity index (χ4n) is 1.97. The van der Waals surface area contributed by atoms with Crippen LogP contribution in [-0.4, -0.2) is 23.8 Å². The van der Waals surface area contributed by atoms with E-state index < -0.39 is 5.91 Å². The Bertz CT molecular complexity index is 706. The third kappa shape index (κ3) is 4.23. The number of nitrogens with one attached hydrogen (secondary N) is 1. The van der Waals surface area contributed by atoms with E-state index >= 15 is 0 Å². The smallest absolute Gasteiger partial charge is 0.307 e. The largest absolute Gasteiger partial charge is 0.504 e. The van der Waals surface area contributed by atoms with E-state index in [1.54, 1.807) is 30.3 Å². The van der Waals surface area contributed by atoms with Gasteiger partial charge in [0.2, 0.25) is 0 Å².